The molecule has 2 bridgehead atoms. The molecule has 1 aliphatic heterocycles. The molecule has 2 spiro atoms. The number of hydrogen-bond donors (Lipinski definition) is 0. The monoisotopic (exact) mass is 745 g/mol. The van der Waals surface area contributed by atoms with Gasteiger partial charge in [-0.05, 0) is 171 Å². The maximum Gasteiger partial charge on any atom is 0.0464 e. The van der Waals surface area contributed by atoms with Crippen LogP contribution in [0.5, 0.6) is 0 Å². The minimum absolute atomic E-state index is 0.134. The maximum atomic E-state index is 2.56. The molecule has 4 saturated carbocycles. The third-order valence-electron chi connectivity index (χ3n) is 16.3. The third-order valence-corrected chi connectivity index (χ3v) is 17.4. The van der Waals surface area contributed by atoms with Crippen molar-refractivity contribution >= 4 is 28.8 Å². The van der Waals surface area contributed by atoms with E-state index in [0.717, 1.165) is 23.7 Å². The van der Waals surface area contributed by atoms with Crippen LogP contribution in [0.3, 0.4) is 0 Å². The average Bonchev–Trinajstić information content (AvgIpc) is 3.76. The first-order valence-corrected chi connectivity index (χ1v) is 22.1. The van der Waals surface area contributed by atoms with E-state index in [1.165, 1.54) is 98.8 Å². The standard InChI is InChI=1S/C54H51NS/c1-51(2)26-27-52(3,4)46-32-42(23-25-43(46)51)55(40-19-14-36(15-20-40)35-10-6-5-7-11-35)41-21-16-37(17-22-41)38-18-24-45-48(30-38)56-47-13-9-8-12-44(47)54(45)49-29-34-28-39-31-50(54)53(39,49)33-34/h5-25,30,32,34,39,49-50H,26-29,31,33H2,1-4H3. The van der Waals surface area contributed by atoms with E-state index in [1.807, 2.05) is 11.8 Å². The fraction of sp³-hybridized carbons (Fsp3) is 0.333. The number of fused-ring (bicyclic) bond motifs is 8. The first-order chi connectivity index (χ1) is 27.2. The SMILES string of the molecule is CC1(C)CCC(C)(C)c2cc(N(c3ccc(-c4ccccc4)cc3)c3ccc(-c4ccc5c(c4)Sc4ccccc4C54C5CC6CC7CC4C75C6)cc3)ccc21. The highest BCUT2D eigenvalue weighted by Gasteiger charge is 2.84. The van der Waals surface area contributed by atoms with Crippen LogP contribution < -0.4 is 4.90 Å². The second-order valence-electron chi connectivity index (χ2n) is 19.7. The molecule has 1 heterocycles. The largest absolute Gasteiger partial charge is 0.310 e. The van der Waals surface area contributed by atoms with E-state index in [1.54, 1.807) is 11.1 Å². The van der Waals surface area contributed by atoms with Gasteiger partial charge in [-0.3, -0.25) is 0 Å². The van der Waals surface area contributed by atoms with Crippen molar-refractivity contribution in [1.82, 2.24) is 0 Å². The second kappa shape index (κ2) is 11.5. The van der Waals surface area contributed by atoms with Crippen LogP contribution in [0.4, 0.5) is 17.1 Å². The Morgan fingerprint density at radius 3 is 1.79 bits per heavy atom. The van der Waals surface area contributed by atoms with Crippen molar-refractivity contribution in [2.24, 2.45) is 29.1 Å². The summed E-state index contributed by atoms with van der Waals surface area (Å²) in [5.41, 5.74) is 16.1. The molecular formula is C54H51NS. The minimum atomic E-state index is 0.134. The van der Waals surface area contributed by atoms with Gasteiger partial charge >= 0.3 is 0 Å². The van der Waals surface area contributed by atoms with Gasteiger partial charge in [0.1, 0.15) is 0 Å². The van der Waals surface area contributed by atoms with Gasteiger partial charge in [-0.15, -0.1) is 0 Å². The maximum absolute atomic E-state index is 2.56. The predicted molar refractivity (Wildman–Crippen MR) is 233 cm³/mol. The van der Waals surface area contributed by atoms with E-state index in [9.17, 15) is 0 Å². The highest BCUT2D eigenvalue weighted by molar-refractivity contribution is 7.99. The Morgan fingerprint density at radius 1 is 0.482 bits per heavy atom. The quantitative estimate of drug-likeness (QED) is 0.173. The van der Waals surface area contributed by atoms with Crippen LogP contribution in [-0.4, -0.2) is 0 Å². The van der Waals surface area contributed by atoms with Gasteiger partial charge in [-0.1, -0.05) is 130 Å². The first kappa shape index (κ1) is 33.6. The van der Waals surface area contributed by atoms with Crippen molar-refractivity contribution < 1.29 is 0 Å². The Balaban J connectivity index is 0.928. The minimum Gasteiger partial charge on any atom is -0.310 e. The van der Waals surface area contributed by atoms with E-state index in [0.29, 0.717) is 5.41 Å². The van der Waals surface area contributed by atoms with Gasteiger partial charge in [0.25, 0.3) is 0 Å². The second-order valence-corrected chi connectivity index (χ2v) is 20.7. The molecule has 6 atom stereocenters. The lowest BCUT2D eigenvalue weighted by atomic mass is 9.26. The summed E-state index contributed by atoms with van der Waals surface area (Å²) >= 11 is 2.02. The van der Waals surface area contributed by atoms with Crippen LogP contribution in [0.25, 0.3) is 22.3 Å². The lowest BCUT2D eigenvalue weighted by Gasteiger charge is -2.78. The molecular weight excluding hydrogens is 695 g/mol. The topological polar surface area (TPSA) is 3.24 Å². The summed E-state index contributed by atoms with van der Waals surface area (Å²) in [5, 5.41) is 0. The predicted octanol–water partition coefficient (Wildman–Crippen LogP) is 14.7. The van der Waals surface area contributed by atoms with Crippen LogP contribution in [-0.2, 0) is 16.2 Å². The zero-order valence-electron chi connectivity index (χ0n) is 33.2. The van der Waals surface area contributed by atoms with Gasteiger partial charge in [0.15, 0.2) is 0 Å². The molecule has 0 saturated heterocycles. The molecule has 0 amide bonds. The molecule has 56 heavy (non-hydrogen) atoms. The van der Waals surface area contributed by atoms with Gasteiger partial charge in [0.05, 0.1) is 0 Å². The molecule has 6 aliphatic rings. The van der Waals surface area contributed by atoms with Gasteiger partial charge < -0.3 is 4.90 Å². The normalized spacial score (nSPS) is 29.0. The Hall–Kier alpha value is -4.53. The summed E-state index contributed by atoms with van der Waals surface area (Å²) in [7, 11) is 0. The molecule has 6 unspecified atom stereocenters. The van der Waals surface area contributed by atoms with Crippen molar-refractivity contribution in [3.63, 3.8) is 0 Å². The summed E-state index contributed by atoms with van der Waals surface area (Å²) in [6, 6.07) is 53.6. The fourth-order valence-corrected chi connectivity index (χ4v) is 14.9. The number of nitrogens with zero attached hydrogens (tertiary/aromatic N) is 1. The van der Waals surface area contributed by atoms with E-state index in [-0.39, 0.29) is 16.2 Å². The van der Waals surface area contributed by atoms with Gasteiger partial charge in [0.2, 0.25) is 0 Å². The van der Waals surface area contributed by atoms with Crippen LogP contribution in [0.2, 0.25) is 0 Å². The molecule has 0 aromatic heterocycles. The van der Waals surface area contributed by atoms with Gasteiger partial charge in [-0.25, -0.2) is 0 Å². The summed E-state index contributed by atoms with van der Waals surface area (Å²) in [6.07, 6.45) is 8.33. The van der Waals surface area contributed by atoms with E-state index in [2.05, 4.69) is 172 Å². The summed E-state index contributed by atoms with van der Waals surface area (Å²) in [6.45, 7) is 9.70. The molecule has 6 aromatic carbocycles. The van der Waals surface area contributed by atoms with Crippen molar-refractivity contribution in [2.45, 2.75) is 92.3 Å². The zero-order valence-corrected chi connectivity index (χ0v) is 34.0. The van der Waals surface area contributed by atoms with Crippen LogP contribution in [0.15, 0.2) is 149 Å². The summed E-state index contributed by atoms with van der Waals surface area (Å²) < 4.78 is 0. The van der Waals surface area contributed by atoms with Crippen molar-refractivity contribution in [3.8, 4) is 22.3 Å². The number of benzene rings is 6. The number of hydrogen-bond acceptors (Lipinski definition) is 2. The lowest BCUT2D eigenvalue weighted by Crippen LogP contribution is -2.74. The third kappa shape index (κ3) is 4.40. The van der Waals surface area contributed by atoms with Crippen LogP contribution in [0, 0.1) is 29.1 Å². The number of anilines is 3. The number of rotatable bonds is 5. The van der Waals surface area contributed by atoms with E-state index < -0.39 is 0 Å². The molecule has 5 aliphatic carbocycles. The molecule has 0 N–H and O–H groups in total. The average molecular weight is 746 g/mol. The molecule has 278 valence electrons. The van der Waals surface area contributed by atoms with Crippen molar-refractivity contribution in [2.75, 3.05) is 4.90 Å². The van der Waals surface area contributed by atoms with Crippen LogP contribution in [0.1, 0.15) is 88.5 Å². The Kier molecular flexibility index (Phi) is 6.92. The van der Waals surface area contributed by atoms with Crippen molar-refractivity contribution in [3.05, 3.63) is 162 Å². The highest BCUT2D eigenvalue weighted by atomic mass is 32.2. The summed E-state index contributed by atoms with van der Waals surface area (Å²) in [5.74, 6) is 3.64. The first-order valence-electron chi connectivity index (χ1n) is 21.3. The van der Waals surface area contributed by atoms with Gasteiger partial charge in [-0.2, -0.15) is 0 Å². The van der Waals surface area contributed by atoms with E-state index >= 15 is 0 Å². The molecule has 0 radical (unpaired) electrons. The molecule has 4 fully saturated rings. The van der Waals surface area contributed by atoms with Crippen LogP contribution >= 0.6 is 11.8 Å². The Morgan fingerprint density at radius 2 is 1.05 bits per heavy atom. The lowest BCUT2D eigenvalue weighted by molar-refractivity contribution is -0.235. The molecule has 6 aromatic rings. The fourth-order valence-electron chi connectivity index (χ4n) is 13.7. The summed E-state index contributed by atoms with van der Waals surface area (Å²) in [4.78, 5) is 5.46. The Labute approximate surface area is 337 Å². The molecule has 2 heteroatoms. The Bertz CT molecular complexity index is 2550. The smallest absolute Gasteiger partial charge is 0.0464 e. The highest BCUT2D eigenvalue weighted by Crippen LogP contribution is 2.89. The van der Waals surface area contributed by atoms with E-state index in [4.69, 9.17) is 0 Å². The molecule has 1 nitrogen and oxygen atoms in total. The molecule has 12 rings (SSSR count). The van der Waals surface area contributed by atoms with Gasteiger partial charge in [0, 0.05) is 32.3 Å². The van der Waals surface area contributed by atoms with Crippen molar-refractivity contribution in [1.29, 1.82) is 0 Å². The zero-order chi connectivity index (χ0) is 37.6.